The van der Waals surface area contributed by atoms with E-state index in [0.717, 1.165) is 0 Å². The fourth-order valence-electron chi connectivity index (χ4n) is 2.87. The summed E-state index contributed by atoms with van der Waals surface area (Å²) in [5.74, 6) is -1.23. The van der Waals surface area contributed by atoms with Gasteiger partial charge >= 0.3 is 0 Å². The molecular weight excluding hydrogens is 304 g/mol. The van der Waals surface area contributed by atoms with Crippen molar-refractivity contribution in [1.82, 2.24) is 0 Å². The highest BCUT2D eigenvalue weighted by Gasteiger charge is 2.24. The van der Waals surface area contributed by atoms with Gasteiger partial charge in [-0.3, -0.25) is 9.59 Å². The van der Waals surface area contributed by atoms with Crippen molar-refractivity contribution in [2.45, 2.75) is 13.3 Å². The molecule has 0 aliphatic rings. The zero-order chi connectivity index (χ0) is 17.3. The summed E-state index contributed by atoms with van der Waals surface area (Å²) in [6.07, 6.45) is -0.127. The lowest BCUT2D eigenvalue weighted by Gasteiger charge is -2.15. The van der Waals surface area contributed by atoms with Gasteiger partial charge in [-0.2, -0.15) is 0 Å². The average Bonchev–Trinajstić information content (AvgIpc) is 2.59. The molecule has 4 nitrogen and oxygen atoms in total. The van der Waals surface area contributed by atoms with Gasteiger partial charge in [0.1, 0.15) is 5.78 Å². The Bertz CT molecular complexity index is 943. The highest BCUT2D eigenvalue weighted by atomic mass is 16.3. The Kier molecular flexibility index (Phi) is 4.04. The van der Waals surface area contributed by atoms with E-state index in [0.29, 0.717) is 16.3 Å². The van der Waals surface area contributed by atoms with Gasteiger partial charge in [0.2, 0.25) is 0 Å². The first-order valence-electron chi connectivity index (χ1n) is 7.55. The molecule has 3 aromatic carbocycles. The van der Waals surface area contributed by atoms with Gasteiger partial charge in [0, 0.05) is 28.5 Å². The molecule has 0 bridgehead atoms. The minimum atomic E-state index is -0.414. The number of hydrogen-bond acceptors (Lipinski definition) is 4. The van der Waals surface area contributed by atoms with E-state index in [1.165, 1.54) is 6.92 Å². The molecule has 0 fully saturated rings. The molecule has 120 valence electrons. The minimum Gasteiger partial charge on any atom is -0.504 e. The third kappa shape index (κ3) is 2.63. The first-order chi connectivity index (χ1) is 11.5. The van der Waals surface area contributed by atoms with Crippen molar-refractivity contribution in [3.8, 4) is 11.5 Å². The molecule has 0 amide bonds. The number of ketones is 2. The maximum absolute atomic E-state index is 13.0. The van der Waals surface area contributed by atoms with E-state index in [4.69, 9.17) is 0 Å². The van der Waals surface area contributed by atoms with Crippen molar-refractivity contribution in [3.05, 3.63) is 71.3 Å². The van der Waals surface area contributed by atoms with Gasteiger partial charge in [-0.1, -0.05) is 54.6 Å². The van der Waals surface area contributed by atoms with Crippen molar-refractivity contribution in [2.24, 2.45) is 0 Å². The summed E-state index contributed by atoms with van der Waals surface area (Å²) in [4.78, 5) is 24.6. The van der Waals surface area contributed by atoms with Crippen molar-refractivity contribution < 1.29 is 19.8 Å². The molecule has 0 saturated heterocycles. The van der Waals surface area contributed by atoms with Gasteiger partial charge in [0.15, 0.2) is 17.3 Å². The number of phenolic OH excluding ortho intramolecular Hbond substituents is 2. The molecule has 2 N–H and O–H groups in total. The van der Waals surface area contributed by atoms with Crippen molar-refractivity contribution in [2.75, 3.05) is 0 Å². The molecule has 0 atom stereocenters. The van der Waals surface area contributed by atoms with E-state index in [1.807, 2.05) is 0 Å². The molecule has 0 spiro atoms. The molecule has 0 saturated carbocycles. The number of fused-ring (bicyclic) bond motifs is 1. The Labute approximate surface area is 139 Å². The van der Waals surface area contributed by atoms with E-state index in [2.05, 4.69) is 0 Å². The summed E-state index contributed by atoms with van der Waals surface area (Å²) in [5.41, 5.74) is 0.868. The monoisotopic (exact) mass is 320 g/mol. The molecule has 3 aromatic rings. The number of phenols is 2. The predicted molar refractivity (Wildman–Crippen MR) is 91.5 cm³/mol. The molecule has 0 unspecified atom stereocenters. The Hall–Kier alpha value is -3.14. The third-order valence-corrected chi connectivity index (χ3v) is 3.95. The number of aromatic hydroxyl groups is 2. The van der Waals surface area contributed by atoms with Crippen LogP contribution in [0.3, 0.4) is 0 Å². The number of Topliss-reactive ketones (excluding diaryl/α,β-unsaturated/α-hetero) is 1. The Balaban J connectivity index is 2.37. The summed E-state index contributed by atoms with van der Waals surface area (Å²) < 4.78 is 0. The van der Waals surface area contributed by atoms with Crippen LogP contribution >= 0.6 is 0 Å². The van der Waals surface area contributed by atoms with E-state index in [1.54, 1.807) is 54.6 Å². The van der Waals surface area contributed by atoms with Crippen LogP contribution in [0.25, 0.3) is 10.8 Å². The van der Waals surface area contributed by atoms with Gasteiger partial charge in [-0.05, 0) is 12.3 Å². The number of rotatable bonds is 4. The van der Waals surface area contributed by atoms with Crippen LogP contribution in [0.5, 0.6) is 11.5 Å². The summed E-state index contributed by atoms with van der Waals surface area (Å²) >= 11 is 0. The summed E-state index contributed by atoms with van der Waals surface area (Å²) in [6, 6.07) is 15.5. The summed E-state index contributed by atoms with van der Waals surface area (Å²) in [6.45, 7) is 1.38. The van der Waals surface area contributed by atoms with Crippen molar-refractivity contribution in [1.29, 1.82) is 0 Å². The second-order valence-corrected chi connectivity index (χ2v) is 5.67. The molecule has 0 heterocycles. The second-order valence-electron chi connectivity index (χ2n) is 5.67. The van der Waals surface area contributed by atoms with E-state index in [-0.39, 0.29) is 34.9 Å². The van der Waals surface area contributed by atoms with Crippen LogP contribution < -0.4 is 0 Å². The quantitative estimate of drug-likeness (QED) is 0.569. The molecule has 4 heteroatoms. The topological polar surface area (TPSA) is 74.6 Å². The molecule has 0 aliphatic heterocycles. The first kappa shape index (κ1) is 15.7. The summed E-state index contributed by atoms with van der Waals surface area (Å²) in [7, 11) is 0. The second kappa shape index (κ2) is 6.16. The zero-order valence-corrected chi connectivity index (χ0v) is 13.1. The van der Waals surface area contributed by atoms with E-state index < -0.39 is 5.75 Å². The number of benzene rings is 3. The highest BCUT2D eigenvalue weighted by molar-refractivity contribution is 6.19. The fourth-order valence-corrected chi connectivity index (χ4v) is 2.87. The molecular formula is C20H16O4. The standard InChI is InChI=1S/C20H16O4/c1-12(21)11-16-17(18(22)13-7-3-2-4-8-13)14-9-5-6-10-15(14)19(23)20(16)24/h2-10,23-24H,11H2,1H3. The highest BCUT2D eigenvalue weighted by Crippen LogP contribution is 2.41. The lowest BCUT2D eigenvalue weighted by molar-refractivity contribution is -0.116. The van der Waals surface area contributed by atoms with Gasteiger partial charge in [0.25, 0.3) is 0 Å². The lowest BCUT2D eigenvalue weighted by Crippen LogP contribution is -2.10. The van der Waals surface area contributed by atoms with Crippen LogP contribution in [0.15, 0.2) is 54.6 Å². The van der Waals surface area contributed by atoms with Gasteiger partial charge < -0.3 is 10.2 Å². The maximum Gasteiger partial charge on any atom is 0.194 e. The predicted octanol–water partition coefficient (Wildman–Crippen LogP) is 3.61. The van der Waals surface area contributed by atoms with Crippen LogP contribution in [0, 0.1) is 0 Å². The summed E-state index contributed by atoms with van der Waals surface area (Å²) in [5, 5.41) is 21.5. The lowest BCUT2D eigenvalue weighted by atomic mass is 9.89. The molecule has 24 heavy (non-hydrogen) atoms. The third-order valence-electron chi connectivity index (χ3n) is 3.95. The van der Waals surface area contributed by atoms with Gasteiger partial charge in [0.05, 0.1) is 0 Å². The largest absolute Gasteiger partial charge is 0.504 e. The van der Waals surface area contributed by atoms with Crippen LogP contribution in [-0.4, -0.2) is 21.8 Å². The van der Waals surface area contributed by atoms with E-state index in [9.17, 15) is 19.8 Å². The van der Waals surface area contributed by atoms with Crippen LogP contribution in [0.1, 0.15) is 28.4 Å². The van der Waals surface area contributed by atoms with Crippen LogP contribution in [0.2, 0.25) is 0 Å². The smallest absolute Gasteiger partial charge is 0.194 e. The Morgan fingerprint density at radius 3 is 2.04 bits per heavy atom. The first-order valence-corrected chi connectivity index (χ1v) is 7.55. The average molecular weight is 320 g/mol. The molecule has 0 radical (unpaired) electrons. The number of carbonyl (C=O) groups is 2. The van der Waals surface area contributed by atoms with Crippen LogP contribution in [-0.2, 0) is 11.2 Å². The molecule has 0 aliphatic carbocycles. The molecule has 3 rings (SSSR count). The molecule has 0 aromatic heterocycles. The Morgan fingerprint density at radius 1 is 0.833 bits per heavy atom. The van der Waals surface area contributed by atoms with Gasteiger partial charge in [-0.15, -0.1) is 0 Å². The zero-order valence-electron chi connectivity index (χ0n) is 13.1. The maximum atomic E-state index is 13.0. The minimum absolute atomic E-state index is 0.127. The van der Waals surface area contributed by atoms with Gasteiger partial charge in [-0.25, -0.2) is 0 Å². The van der Waals surface area contributed by atoms with E-state index >= 15 is 0 Å². The number of hydrogen-bond donors (Lipinski definition) is 2. The van der Waals surface area contributed by atoms with Crippen molar-refractivity contribution in [3.63, 3.8) is 0 Å². The number of carbonyl (C=O) groups excluding carboxylic acids is 2. The van der Waals surface area contributed by atoms with Crippen LogP contribution in [0.4, 0.5) is 0 Å². The fraction of sp³-hybridized carbons (Fsp3) is 0.100. The SMILES string of the molecule is CC(=O)Cc1c(O)c(O)c2ccccc2c1C(=O)c1ccccc1. The van der Waals surface area contributed by atoms with Crippen molar-refractivity contribution >= 4 is 22.3 Å². The Morgan fingerprint density at radius 2 is 1.42 bits per heavy atom. The normalized spacial score (nSPS) is 10.7.